The van der Waals surface area contributed by atoms with Crippen LogP contribution in [0.15, 0.2) is 46.9 Å². The summed E-state index contributed by atoms with van der Waals surface area (Å²) in [6.07, 6.45) is 12.5. The Labute approximate surface area is 203 Å². The molecular weight excluding hydrogens is 448 g/mol. The number of benzene rings is 1. The summed E-state index contributed by atoms with van der Waals surface area (Å²) in [5, 5.41) is 1.39. The van der Waals surface area contributed by atoms with Crippen molar-refractivity contribution >= 4 is 39.1 Å². The molecule has 0 amide bonds. The van der Waals surface area contributed by atoms with Gasteiger partial charge in [0, 0.05) is 17.0 Å². The van der Waals surface area contributed by atoms with Crippen molar-refractivity contribution < 1.29 is 4.79 Å². The first-order chi connectivity index (χ1) is 16.2. The average molecular weight is 479 g/mol. The number of carbonyl (C=O) groups excluding carboxylic acids is 1. The second-order valence-corrected chi connectivity index (χ2v) is 11.2. The van der Waals surface area contributed by atoms with Crippen molar-refractivity contribution in [3.05, 3.63) is 68.8 Å². The predicted octanol–water partition coefficient (Wildman–Crippen LogP) is 6.55. The van der Waals surface area contributed by atoms with Gasteiger partial charge in [0.2, 0.25) is 0 Å². The molecule has 2 aromatic heterocycles. The van der Waals surface area contributed by atoms with Crippen LogP contribution in [-0.4, -0.2) is 21.1 Å². The number of fused-ring (bicyclic) bond motifs is 3. The third-order valence-corrected chi connectivity index (χ3v) is 9.16. The van der Waals surface area contributed by atoms with Crippen LogP contribution in [0.3, 0.4) is 0 Å². The number of hydrogen-bond acceptors (Lipinski definition) is 5. The minimum Gasteiger partial charge on any atom is -0.293 e. The average Bonchev–Trinajstić information content (AvgIpc) is 3.24. The molecule has 5 rings (SSSR count). The van der Waals surface area contributed by atoms with E-state index < -0.39 is 0 Å². The van der Waals surface area contributed by atoms with Crippen molar-refractivity contribution in [1.29, 1.82) is 0 Å². The van der Waals surface area contributed by atoms with Crippen LogP contribution in [0, 0.1) is 0 Å². The first-order valence-corrected chi connectivity index (χ1v) is 13.9. The van der Waals surface area contributed by atoms with E-state index in [1.165, 1.54) is 66.3 Å². The molecule has 0 aliphatic heterocycles. The lowest BCUT2D eigenvalue weighted by Gasteiger charge is -2.22. The fourth-order valence-electron chi connectivity index (χ4n) is 5.21. The lowest BCUT2D eigenvalue weighted by molar-refractivity contribution is 0.102. The highest BCUT2D eigenvalue weighted by Crippen LogP contribution is 2.35. The topological polar surface area (TPSA) is 52.0 Å². The molecule has 2 aliphatic carbocycles. The van der Waals surface area contributed by atoms with Crippen LogP contribution in [0.4, 0.5) is 0 Å². The standard InChI is InChI=1S/C27H30N2O2S2/c1-2-16-29-26(31)24-21-10-6-7-11-23(21)33-25(24)28-27(29)32-17-22(30)20-14-12-19(13-15-20)18-8-4-3-5-9-18/h2,12-15,18H,1,3-11,16-17H2. The number of allylic oxidation sites excluding steroid dienone is 1. The van der Waals surface area contributed by atoms with Gasteiger partial charge in [0.05, 0.1) is 11.1 Å². The number of thioether (sulfide) groups is 1. The minimum atomic E-state index is 0.00563. The molecule has 0 N–H and O–H groups in total. The molecule has 0 radical (unpaired) electrons. The number of ketones is 1. The summed E-state index contributed by atoms with van der Waals surface area (Å²) in [5.41, 5.74) is 3.29. The van der Waals surface area contributed by atoms with Gasteiger partial charge in [-0.3, -0.25) is 14.2 Å². The van der Waals surface area contributed by atoms with Crippen molar-refractivity contribution in [2.24, 2.45) is 0 Å². The summed E-state index contributed by atoms with van der Waals surface area (Å²) in [4.78, 5) is 33.3. The second-order valence-electron chi connectivity index (χ2n) is 9.16. The molecule has 6 heteroatoms. The van der Waals surface area contributed by atoms with Gasteiger partial charge in [0.1, 0.15) is 4.83 Å². The maximum atomic E-state index is 13.4. The van der Waals surface area contributed by atoms with E-state index in [9.17, 15) is 9.59 Å². The van der Waals surface area contributed by atoms with Crippen molar-refractivity contribution in [2.75, 3.05) is 5.75 Å². The number of rotatable bonds is 7. The Bertz CT molecular complexity index is 1230. The van der Waals surface area contributed by atoms with Gasteiger partial charge in [-0.15, -0.1) is 17.9 Å². The van der Waals surface area contributed by atoms with Crippen molar-refractivity contribution in [2.45, 2.75) is 75.4 Å². The van der Waals surface area contributed by atoms with Crippen LogP contribution in [0.25, 0.3) is 10.2 Å². The monoisotopic (exact) mass is 478 g/mol. The van der Waals surface area contributed by atoms with Gasteiger partial charge in [-0.2, -0.15) is 0 Å². The van der Waals surface area contributed by atoms with Crippen LogP contribution >= 0.6 is 23.1 Å². The molecule has 0 bridgehead atoms. The molecule has 4 nitrogen and oxygen atoms in total. The number of thiophene rings is 1. The fraction of sp³-hybridized carbons (Fsp3) is 0.444. The number of hydrogen-bond donors (Lipinski definition) is 0. The van der Waals surface area contributed by atoms with E-state index in [2.05, 4.69) is 18.7 Å². The number of carbonyl (C=O) groups is 1. The molecule has 0 atom stereocenters. The molecule has 33 heavy (non-hydrogen) atoms. The fourth-order valence-corrected chi connectivity index (χ4v) is 7.42. The molecule has 0 spiro atoms. The molecule has 172 valence electrons. The Morgan fingerprint density at radius 3 is 2.64 bits per heavy atom. The zero-order valence-corrected chi connectivity index (χ0v) is 20.6. The predicted molar refractivity (Wildman–Crippen MR) is 138 cm³/mol. The molecule has 3 aromatic rings. The van der Waals surface area contributed by atoms with E-state index >= 15 is 0 Å². The van der Waals surface area contributed by atoms with Gasteiger partial charge >= 0.3 is 0 Å². The quantitative estimate of drug-likeness (QED) is 0.167. The molecule has 0 saturated heterocycles. The van der Waals surface area contributed by atoms with E-state index in [1.807, 2.05) is 12.1 Å². The summed E-state index contributed by atoms with van der Waals surface area (Å²) >= 11 is 3.01. The summed E-state index contributed by atoms with van der Waals surface area (Å²) in [7, 11) is 0. The molecule has 1 saturated carbocycles. The zero-order chi connectivity index (χ0) is 22.8. The van der Waals surface area contributed by atoms with Crippen LogP contribution < -0.4 is 5.56 Å². The van der Waals surface area contributed by atoms with E-state index in [1.54, 1.807) is 22.0 Å². The van der Waals surface area contributed by atoms with Crippen molar-refractivity contribution in [3.63, 3.8) is 0 Å². The van der Waals surface area contributed by atoms with Crippen LogP contribution in [0.1, 0.15) is 77.2 Å². The summed E-state index contributed by atoms with van der Waals surface area (Å²) in [5.74, 6) is 0.974. The smallest absolute Gasteiger partial charge is 0.263 e. The van der Waals surface area contributed by atoms with Gasteiger partial charge < -0.3 is 0 Å². The highest BCUT2D eigenvalue weighted by Gasteiger charge is 2.22. The Kier molecular flexibility index (Phi) is 6.84. The minimum absolute atomic E-state index is 0.00563. The van der Waals surface area contributed by atoms with Gasteiger partial charge in [-0.05, 0) is 55.6 Å². The molecular formula is C27H30N2O2S2. The van der Waals surface area contributed by atoms with Gasteiger partial charge in [0.15, 0.2) is 10.9 Å². The highest BCUT2D eigenvalue weighted by atomic mass is 32.2. The third kappa shape index (κ3) is 4.60. The molecule has 0 unspecified atom stereocenters. The highest BCUT2D eigenvalue weighted by molar-refractivity contribution is 7.99. The SMILES string of the molecule is C=CCn1c(SCC(=O)c2ccc(C3CCCCC3)cc2)nc2sc3c(c2c1=O)CCCC3. The normalized spacial score (nSPS) is 16.6. The van der Waals surface area contributed by atoms with E-state index in [4.69, 9.17) is 4.98 Å². The molecule has 2 aliphatic rings. The maximum absolute atomic E-state index is 13.4. The Morgan fingerprint density at radius 2 is 1.88 bits per heavy atom. The maximum Gasteiger partial charge on any atom is 0.263 e. The molecule has 2 heterocycles. The van der Waals surface area contributed by atoms with Gasteiger partial charge in [0.25, 0.3) is 5.56 Å². The van der Waals surface area contributed by atoms with Crippen LogP contribution in [0.5, 0.6) is 0 Å². The number of aromatic nitrogens is 2. The largest absolute Gasteiger partial charge is 0.293 e. The molecule has 1 aromatic carbocycles. The Balaban J connectivity index is 1.36. The lowest BCUT2D eigenvalue weighted by Crippen LogP contribution is -2.23. The Morgan fingerprint density at radius 1 is 1.12 bits per heavy atom. The van der Waals surface area contributed by atoms with Gasteiger partial charge in [-0.25, -0.2) is 4.98 Å². The Hall–Kier alpha value is -2.18. The summed E-state index contributed by atoms with van der Waals surface area (Å²) < 4.78 is 1.68. The van der Waals surface area contributed by atoms with E-state index in [-0.39, 0.29) is 17.1 Å². The summed E-state index contributed by atoms with van der Waals surface area (Å²) in [6.45, 7) is 4.22. The number of Topliss-reactive ketones (excluding diaryl/α,β-unsaturated/α-hetero) is 1. The number of nitrogens with zero attached hydrogens (tertiary/aromatic N) is 2. The number of aryl methyl sites for hydroxylation is 2. The first kappa shape index (κ1) is 22.6. The second kappa shape index (κ2) is 9.98. The van der Waals surface area contributed by atoms with E-state index in [0.717, 1.165) is 35.0 Å². The third-order valence-electron chi connectivity index (χ3n) is 6.99. The van der Waals surface area contributed by atoms with Crippen molar-refractivity contribution in [1.82, 2.24) is 9.55 Å². The van der Waals surface area contributed by atoms with Gasteiger partial charge in [-0.1, -0.05) is 61.4 Å². The van der Waals surface area contributed by atoms with Crippen LogP contribution in [-0.2, 0) is 19.4 Å². The van der Waals surface area contributed by atoms with Crippen molar-refractivity contribution in [3.8, 4) is 0 Å². The zero-order valence-electron chi connectivity index (χ0n) is 19.0. The lowest BCUT2D eigenvalue weighted by atomic mass is 9.84. The van der Waals surface area contributed by atoms with E-state index in [0.29, 0.717) is 17.6 Å². The van der Waals surface area contributed by atoms with Crippen LogP contribution in [0.2, 0.25) is 0 Å². The summed E-state index contributed by atoms with van der Waals surface area (Å²) in [6, 6.07) is 8.19. The first-order valence-electron chi connectivity index (χ1n) is 12.1. The molecule has 1 fully saturated rings.